The van der Waals surface area contributed by atoms with Crippen molar-refractivity contribution in [3.8, 4) is 0 Å². The number of carbonyl (C=O) groups is 1. The maximum absolute atomic E-state index is 12.6. The summed E-state index contributed by atoms with van der Waals surface area (Å²) >= 11 is 0. The van der Waals surface area contributed by atoms with E-state index in [1.54, 1.807) is 0 Å². The smallest absolute Gasteiger partial charge is 0.225 e. The monoisotopic (exact) mass is 316 g/mol. The second-order valence-corrected chi connectivity index (χ2v) is 7.16. The summed E-state index contributed by atoms with van der Waals surface area (Å²) < 4.78 is 0. The number of rotatable bonds is 4. The first-order valence-electron chi connectivity index (χ1n) is 8.92. The van der Waals surface area contributed by atoms with Gasteiger partial charge in [0.15, 0.2) is 0 Å². The summed E-state index contributed by atoms with van der Waals surface area (Å²) in [7, 11) is 2.04. The number of hydrogen-bond donors (Lipinski definition) is 0. The predicted molar refractivity (Wildman–Crippen MR) is 91.3 cm³/mol. The van der Waals surface area contributed by atoms with E-state index < -0.39 is 0 Å². The molecule has 0 radical (unpaired) electrons. The molecule has 126 valence electrons. The summed E-state index contributed by atoms with van der Waals surface area (Å²) in [4.78, 5) is 25.6. The van der Waals surface area contributed by atoms with Crippen LogP contribution in [0.1, 0.15) is 50.5 Å². The largest absolute Gasteiger partial charge is 0.341 e. The summed E-state index contributed by atoms with van der Waals surface area (Å²) in [5.41, 5.74) is 1.07. The van der Waals surface area contributed by atoms with Crippen LogP contribution in [0, 0.1) is 12.8 Å². The van der Waals surface area contributed by atoms with E-state index in [-0.39, 0.29) is 0 Å². The molecule has 2 heterocycles. The molecule has 1 aliphatic heterocycles. The van der Waals surface area contributed by atoms with Crippen LogP contribution in [0.2, 0.25) is 0 Å². The first-order valence-corrected chi connectivity index (χ1v) is 8.92. The number of carbonyl (C=O) groups excluding carboxylic acids is 1. The van der Waals surface area contributed by atoms with Gasteiger partial charge in [0.25, 0.3) is 0 Å². The number of nitrogens with zero attached hydrogens (tertiary/aromatic N) is 4. The molecular weight excluding hydrogens is 288 g/mol. The van der Waals surface area contributed by atoms with Crippen LogP contribution in [0.3, 0.4) is 0 Å². The minimum atomic E-state index is 0.319. The third kappa shape index (κ3) is 4.01. The summed E-state index contributed by atoms with van der Waals surface area (Å²) in [5, 5.41) is 0. The topological polar surface area (TPSA) is 49.3 Å². The maximum Gasteiger partial charge on any atom is 0.225 e. The molecule has 0 aromatic carbocycles. The first-order chi connectivity index (χ1) is 11.1. The Labute approximate surface area is 139 Å². The van der Waals surface area contributed by atoms with Gasteiger partial charge >= 0.3 is 0 Å². The van der Waals surface area contributed by atoms with Crippen LogP contribution in [0.25, 0.3) is 0 Å². The minimum absolute atomic E-state index is 0.319. The molecule has 1 aromatic heterocycles. The van der Waals surface area contributed by atoms with E-state index in [0.29, 0.717) is 17.9 Å². The van der Waals surface area contributed by atoms with Crippen molar-refractivity contribution in [2.75, 3.05) is 25.0 Å². The van der Waals surface area contributed by atoms with Crippen molar-refractivity contribution in [1.29, 1.82) is 0 Å². The second kappa shape index (κ2) is 7.28. The van der Waals surface area contributed by atoms with E-state index >= 15 is 0 Å². The van der Waals surface area contributed by atoms with Crippen molar-refractivity contribution in [3.63, 3.8) is 0 Å². The lowest BCUT2D eigenvalue weighted by molar-refractivity contribution is -0.133. The van der Waals surface area contributed by atoms with Gasteiger partial charge in [-0.15, -0.1) is 0 Å². The average Bonchev–Trinajstić information content (AvgIpc) is 3.08. The van der Waals surface area contributed by atoms with Crippen molar-refractivity contribution in [2.24, 2.45) is 5.92 Å². The molecule has 1 unspecified atom stereocenters. The number of amides is 1. The number of likely N-dealkylation sites (N-methyl/N-ethyl adjacent to an activating group) is 1. The zero-order valence-corrected chi connectivity index (χ0v) is 14.4. The number of piperidine rings is 1. The van der Waals surface area contributed by atoms with Gasteiger partial charge in [-0.05, 0) is 44.1 Å². The van der Waals surface area contributed by atoms with Crippen molar-refractivity contribution in [3.05, 3.63) is 18.0 Å². The van der Waals surface area contributed by atoms with Gasteiger partial charge in [0.05, 0.1) is 0 Å². The van der Waals surface area contributed by atoms with Crippen molar-refractivity contribution in [1.82, 2.24) is 14.9 Å². The van der Waals surface area contributed by atoms with Gasteiger partial charge < -0.3 is 9.80 Å². The van der Waals surface area contributed by atoms with Crippen LogP contribution in [0.5, 0.6) is 0 Å². The molecule has 1 atom stereocenters. The Hall–Kier alpha value is -1.65. The molecule has 5 nitrogen and oxygen atoms in total. The molecule has 2 aliphatic rings. The molecule has 0 N–H and O–H groups in total. The molecule has 23 heavy (non-hydrogen) atoms. The van der Waals surface area contributed by atoms with E-state index in [1.807, 2.05) is 26.4 Å². The summed E-state index contributed by atoms with van der Waals surface area (Å²) in [6.07, 6.45) is 11.7. The highest BCUT2D eigenvalue weighted by Gasteiger charge is 2.29. The van der Waals surface area contributed by atoms with E-state index in [2.05, 4.69) is 19.8 Å². The summed E-state index contributed by atoms with van der Waals surface area (Å²) in [6.45, 7) is 3.71. The Morgan fingerprint density at radius 1 is 1.22 bits per heavy atom. The lowest BCUT2D eigenvalue weighted by Crippen LogP contribution is -2.49. The van der Waals surface area contributed by atoms with Gasteiger partial charge in [-0.1, -0.05) is 12.8 Å². The Balaban J connectivity index is 1.58. The molecule has 2 fully saturated rings. The van der Waals surface area contributed by atoms with Crippen molar-refractivity contribution >= 4 is 11.9 Å². The van der Waals surface area contributed by atoms with Crippen molar-refractivity contribution < 1.29 is 4.79 Å². The van der Waals surface area contributed by atoms with Gasteiger partial charge in [-0.25, -0.2) is 9.97 Å². The lowest BCUT2D eigenvalue weighted by atomic mass is 10.0. The normalized spacial score (nSPS) is 22.3. The zero-order chi connectivity index (χ0) is 16.2. The van der Waals surface area contributed by atoms with E-state index in [0.717, 1.165) is 43.9 Å². The standard InChI is InChI=1S/C18H28N4O/c1-14-11-19-18(20-12-14)21(2)16-8-5-9-22(13-16)17(23)10-15-6-3-4-7-15/h11-12,15-16H,3-10,13H2,1-2H3. The Kier molecular flexibility index (Phi) is 5.13. The summed E-state index contributed by atoms with van der Waals surface area (Å²) in [5.74, 6) is 1.73. The fourth-order valence-corrected chi connectivity index (χ4v) is 3.82. The maximum atomic E-state index is 12.6. The molecular formula is C18H28N4O. The Bertz CT molecular complexity index is 524. The van der Waals surface area contributed by atoms with Crippen LogP contribution < -0.4 is 4.90 Å². The number of hydrogen-bond acceptors (Lipinski definition) is 4. The highest BCUT2D eigenvalue weighted by molar-refractivity contribution is 5.76. The van der Waals surface area contributed by atoms with Crippen molar-refractivity contribution in [2.45, 2.75) is 57.9 Å². The number of anilines is 1. The van der Waals surface area contributed by atoms with Crippen LogP contribution in [0.15, 0.2) is 12.4 Å². The molecule has 5 heteroatoms. The quantitative estimate of drug-likeness (QED) is 0.857. The molecule has 1 aromatic rings. The van der Waals surface area contributed by atoms with Crippen LogP contribution in [-0.2, 0) is 4.79 Å². The molecule has 1 saturated carbocycles. The van der Waals surface area contributed by atoms with Gasteiger partial charge in [0, 0.05) is 45.0 Å². The Morgan fingerprint density at radius 3 is 2.61 bits per heavy atom. The van der Waals surface area contributed by atoms with E-state index in [9.17, 15) is 4.79 Å². The number of aromatic nitrogens is 2. The number of likely N-dealkylation sites (tertiary alicyclic amines) is 1. The zero-order valence-electron chi connectivity index (χ0n) is 14.4. The average molecular weight is 316 g/mol. The first kappa shape index (κ1) is 16.2. The minimum Gasteiger partial charge on any atom is -0.341 e. The third-order valence-electron chi connectivity index (χ3n) is 5.32. The van der Waals surface area contributed by atoms with Gasteiger partial charge in [-0.2, -0.15) is 0 Å². The van der Waals surface area contributed by atoms with Crippen LogP contribution >= 0.6 is 0 Å². The molecule has 1 aliphatic carbocycles. The Morgan fingerprint density at radius 2 is 1.91 bits per heavy atom. The highest BCUT2D eigenvalue weighted by Crippen LogP contribution is 2.29. The van der Waals surface area contributed by atoms with E-state index in [4.69, 9.17) is 0 Å². The number of aryl methyl sites for hydroxylation is 1. The van der Waals surface area contributed by atoms with Gasteiger partial charge in [-0.3, -0.25) is 4.79 Å². The summed E-state index contributed by atoms with van der Waals surface area (Å²) in [6, 6.07) is 0.319. The SMILES string of the molecule is Cc1cnc(N(C)C2CCCN(C(=O)CC3CCCC3)C2)nc1. The fourth-order valence-electron chi connectivity index (χ4n) is 3.82. The molecule has 1 amide bonds. The van der Waals surface area contributed by atoms with Crippen LogP contribution in [0.4, 0.5) is 5.95 Å². The highest BCUT2D eigenvalue weighted by atomic mass is 16.2. The molecule has 0 spiro atoms. The lowest BCUT2D eigenvalue weighted by Gasteiger charge is -2.38. The van der Waals surface area contributed by atoms with Gasteiger partial charge in [0.2, 0.25) is 11.9 Å². The van der Waals surface area contributed by atoms with E-state index in [1.165, 1.54) is 25.7 Å². The van der Waals surface area contributed by atoms with Gasteiger partial charge in [0.1, 0.15) is 0 Å². The second-order valence-electron chi connectivity index (χ2n) is 7.16. The molecule has 3 rings (SSSR count). The fraction of sp³-hybridized carbons (Fsp3) is 0.722. The predicted octanol–water partition coefficient (Wildman–Crippen LogP) is 2.79. The third-order valence-corrected chi connectivity index (χ3v) is 5.32. The molecule has 0 bridgehead atoms. The van der Waals surface area contributed by atoms with Crippen LogP contribution in [-0.4, -0.2) is 47.0 Å². The molecule has 1 saturated heterocycles.